The number of ketones is 1. The van der Waals surface area contributed by atoms with Gasteiger partial charge in [0.2, 0.25) is 0 Å². The number of carbonyl (C=O) groups is 2. The largest absolute Gasteiger partial charge is 0.508 e. The third-order valence-electron chi connectivity index (χ3n) is 5.99. The highest BCUT2D eigenvalue weighted by Gasteiger charge is 2.47. The molecule has 2 fully saturated rings. The summed E-state index contributed by atoms with van der Waals surface area (Å²) in [5, 5.41) is 21.1. The summed E-state index contributed by atoms with van der Waals surface area (Å²) in [5.41, 5.74) is 0.864. The molecule has 34 heavy (non-hydrogen) atoms. The third kappa shape index (κ3) is 4.59. The summed E-state index contributed by atoms with van der Waals surface area (Å²) in [4.78, 5) is 27.8. The Kier molecular flexibility index (Phi) is 7.07. The Morgan fingerprint density at radius 2 is 1.82 bits per heavy atom. The van der Waals surface area contributed by atoms with Crippen molar-refractivity contribution in [2.75, 3.05) is 26.4 Å². The summed E-state index contributed by atoms with van der Waals surface area (Å²) in [5.74, 6) is -0.816. The number of ether oxygens (including phenoxy) is 3. The molecular weight excluding hydrogens is 438 g/mol. The van der Waals surface area contributed by atoms with Crippen molar-refractivity contribution in [2.45, 2.75) is 38.8 Å². The van der Waals surface area contributed by atoms with Crippen LogP contribution in [0.4, 0.5) is 0 Å². The van der Waals surface area contributed by atoms with Crippen molar-refractivity contribution in [1.82, 2.24) is 4.90 Å². The first kappa shape index (κ1) is 23.6. The molecule has 2 saturated heterocycles. The molecule has 0 saturated carbocycles. The van der Waals surface area contributed by atoms with Gasteiger partial charge < -0.3 is 29.3 Å². The lowest BCUT2D eigenvalue weighted by Crippen LogP contribution is -2.36. The molecule has 2 aliphatic heterocycles. The van der Waals surface area contributed by atoms with Gasteiger partial charge in [0.15, 0.2) is 0 Å². The molecule has 2 aromatic rings. The van der Waals surface area contributed by atoms with Gasteiger partial charge in [-0.1, -0.05) is 12.1 Å². The molecule has 4 rings (SSSR count). The van der Waals surface area contributed by atoms with Gasteiger partial charge in [-0.05, 0) is 56.5 Å². The van der Waals surface area contributed by atoms with Crippen molar-refractivity contribution in [1.29, 1.82) is 0 Å². The summed E-state index contributed by atoms with van der Waals surface area (Å²) < 4.78 is 17.0. The number of nitrogens with zero attached hydrogens (tertiary/aromatic N) is 1. The van der Waals surface area contributed by atoms with E-state index in [1.54, 1.807) is 30.3 Å². The van der Waals surface area contributed by atoms with Gasteiger partial charge in [0.25, 0.3) is 11.7 Å². The first-order valence-corrected chi connectivity index (χ1v) is 11.5. The summed E-state index contributed by atoms with van der Waals surface area (Å²) in [6, 6.07) is 10.4. The second-order valence-corrected chi connectivity index (χ2v) is 8.20. The molecular formula is C26H29NO7. The Morgan fingerprint density at radius 1 is 1.09 bits per heavy atom. The van der Waals surface area contributed by atoms with Gasteiger partial charge in [0.1, 0.15) is 23.0 Å². The quantitative estimate of drug-likeness (QED) is 0.346. The molecule has 8 heteroatoms. The number of Topliss-reactive ketones (excluding diaryl/α,β-unsaturated/α-hetero) is 1. The highest BCUT2D eigenvalue weighted by molar-refractivity contribution is 6.46. The van der Waals surface area contributed by atoms with Crippen LogP contribution in [0.25, 0.3) is 5.76 Å². The Morgan fingerprint density at radius 3 is 2.47 bits per heavy atom. The van der Waals surface area contributed by atoms with Crippen molar-refractivity contribution in [3.8, 4) is 17.2 Å². The van der Waals surface area contributed by atoms with Crippen molar-refractivity contribution in [2.24, 2.45) is 0 Å². The molecule has 180 valence electrons. The fourth-order valence-electron chi connectivity index (χ4n) is 4.45. The van der Waals surface area contributed by atoms with E-state index in [4.69, 9.17) is 14.2 Å². The van der Waals surface area contributed by atoms with E-state index in [0.717, 1.165) is 12.8 Å². The van der Waals surface area contributed by atoms with Gasteiger partial charge in [-0.3, -0.25) is 9.59 Å². The van der Waals surface area contributed by atoms with Gasteiger partial charge >= 0.3 is 0 Å². The van der Waals surface area contributed by atoms with Gasteiger partial charge in [-0.2, -0.15) is 0 Å². The van der Waals surface area contributed by atoms with Crippen LogP contribution < -0.4 is 9.47 Å². The molecule has 0 aromatic heterocycles. The molecule has 2 heterocycles. The highest BCUT2D eigenvalue weighted by Crippen LogP contribution is 2.42. The van der Waals surface area contributed by atoms with Crippen molar-refractivity contribution < 1.29 is 34.0 Å². The fraction of sp³-hybridized carbons (Fsp3) is 0.385. The molecule has 0 radical (unpaired) electrons. The average molecular weight is 468 g/mol. The van der Waals surface area contributed by atoms with Crippen LogP contribution in [0.2, 0.25) is 0 Å². The first-order valence-electron chi connectivity index (χ1n) is 11.5. The molecule has 2 aromatic carbocycles. The maximum absolute atomic E-state index is 13.2. The summed E-state index contributed by atoms with van der Waals surface area (Å²) >= 11 is 0. The smallest absolute Gasteiger partial charge is 0.295 e. The molecule has 2 aliphatic rings. The summed E-state index contributed by atoms with van der Waals surface area (Å²) in [7, 11) is 0. The zero-order valence-corrected chi connectivity index (χ0v) is 19.3. The number of hydrogen-bond donors (Lipinski definition) is 2. The van der Waals surface area contributed by atoms with Gasteiger partial charge in [0, 0.05) is 19.2 Å². The van der Waals surface area contributed by atoms with Crippen molar-refractivity contribution in [3.05, 3.63) is 59.2 Å². The predicted octanol–water partition coefficient (Wildman–Crippen LogP) is 3.79. The minimum absolute atomic E-state index is 0.0289. The number of rotatable bonds is 8. The molecule has 2 unspecified atom stereocenters. The molecule has 1 amide bonds. The summed E-state index contributed by atoms with van der Waals surface area (Å²) in [6.07, 6.45) is 1.50. The SMILES string of the molecule is CCOc1ccc(/C(O)=C2/C(=O)C(=O)N(CC3CCCO3)C2c2ccc(O)cc2)c(OCC)c1. The number of amides is 1. The van der Waals surface area contributed by atoms with E-state index >= 15 is 0 Å². The number of phenolic OH excluding ortho intramolecular Hbond substituents is 1. The molecule has 8 nitrogen and oxygen atoms in total. The zero-order valence-electron chi connectivity index (χ0n) is 19.3. The van der Waals surface area contributed by atoms with Gasteiger partial charge in [-0.25, -0.2) is 0 Å². The number of aliphatic hydroxyl groups excluding tert-OH is 1. The number of phenols is 1. The monoisotopic (exact) mass is 467 g/mol. The standard InChI is InChI=1S/C26H29NO7/c1-3-32-18-11-12-20(21(14-18)33-4-2)24(29)22-23(16-7-9-17(28)10-8-16)27(26(31)25(22)30)15-19-6-5-13-34-19/h7-12,14,19,23,28-29H,3-6,13,15H2,1-2H3/b24-22-. The number of hydrogen-bond acceptors (Lipinski definition) is 7. The lowest BCUT2D eigenvalue weighted by molar-refractivity contribution is -0.140. The van der Waals surface area contributed by atoms with Crippen molar-refractivity contribution >= 4 is 17.4 Å². The van der Waals surface area contributed by atoms with E-state index in [-0.39, 0.29) is 29.7 Å². The van der Waals surface area contributed by atoms with E-state index < -0.39 is 17.7 Å². The maximum Gasteiger partial charge on any atom is 0.295 e. The van der Waals surface area contributed by atoms with E-state index in [1.807, 2.05) is 13.8 Å². The Balaban J connectivity index is 1.83. The van der Waals surface area contributed by atoms with Gasteiger partial charge in [-0.15, -0.1) is 0 Å². The first-order chi connectivity index (χ1) is 16.4. The van der Waals surface area contributed by atoms with E-state index in [2.05, 4.69) is 0 Å². The van der Waals surface area contributed by atoms with Crippen LogP contribution in [0, 0.1) is 0 Å². The predicted molar refractivity (Wildman–Crippen MR) is 125 cm³/mol. The van der Waals surface area contributed by atoms with E-state index in [1.165, 1.54) is 17.0 Å². The van der Waals surface area contributed by atoms with Crippen LogP contribution >= 0.6 is 0 Å². The average Bonchev–Trinajstić information content (AvgIpc) is 3.42. The van der Waals surface area contributed by atoms with Gasteiger partial charge in [0.05, 0.1) is 36.5 Å². The minimum atomic E-state index is -0.828. The lowest BCUT2D eigenvalue weighted by Gasteiger charge is -2.27. The van der Waals surface area contributed by atoms with Crippen LogP contribution in [-0.4, -0.2) is 59.3 Å². The summed E-state index contributed by atoms with van der Waals surface area (Å²) in [6.45, 7) is 5.32. The molecule has 0 aliphatic carbocycles. The number of aliphatic hydroxyl groups is 1. The Labute approximate surface area is 198 Å². The Hall–Kier alpha value is -3.52. The molecule has 0 spiro atoms. The van der Waals surface area contributed by atoms with Crippen LogP contribution in [0.5, 0.6) is 17.2 Å². The van der Waals surface area contributed by atoms with Crippen LogP contribution in [0.1, 0.15) is 43.9 Å². The minimum Gasteiger partial charge on any atom is -0.508 e. The maximum atomic E-state index is 13.2. The second kappa shape index (κ2) is 10.2. The molecule has 2 atom stereocenters. The lowest BCUT2D eigenvalue weighted by atomic mass is 9.94. The normalized spacial score (nSPS) is 21.8. The molecule has 0 bridgehead atoms. The number of aromatic hydroxyl groups is 1. The number of likely N-dealkylation sites (tertiary alicyclic amines) is 1. The Bertz CT molecular complexity index is 1090. The second-order valence-electron chi connectivity index (χ2n) is 8.20. The number of benzene rings is 2. The number of carbonyl (C=O) groups excluding carboxylic acids is 2. The van der Waals surface area contributed by atoms with E-state index in [0.29, 0.717) is 42.4 Å². The zero-order chi connectivity index (χ0) is 24.2. The third-order valence-corrected chi connectivity index (χ3v) is 5.99. The molecule has 2 N–H and O–H groups in total. The highest BCUT2D eigenvalue weighted by atomic mass is 16.5. The van der Waals surface area contributed by atoms with E-state index in [9.17, 15) is 19.8 Å². The fourth-order valence-corrected chi connectivity index (χ4v) is 4.45. The van der Waals surface area contributed by atoms with Crippen LogP contribution in [0.15, 0.2) is 48.0 Å². The van der Waals surface area contributed by atoms with Crippen LogP contribution in [-0.2, 0) is 14.3 Å². The van der Waals surface area contributed by atoms with Crippen LogP contribution in [0.3, 0.4) is 0 Å². The topological polar surface area (TPSA) is 106 Å². The van der Waals surface area contributed by atoms with Crippen molar-refractivity contribution in [3.63, 3.8) is 0 Å².